The molecule has 3 aliphatic heterocycles. The lowest BCUT2D eigenvalue weighted by atomic mass is 9.51. The summed E-state index contributed by atoms with van der Waals surface area (Å²) in [6.07, 6.45) is 2.08. The second kappa shape index (κ2) is 11.5. The smallest absolute Gasteiger partial charge is 0.241 e. The van der Waals surface area contributed by atoms with E-state index in [9.17, 15) is 33.1 Å². The molecule has 3 aromatic rings. The van der Waals surface area contributed by atoms with Gasteiger partial charge in [-0.2, -0.15) is 0 Å². The molecule has 252 valence electrons. The number of benzene rings is 3. The molecule has 8 rings (SSSR count). The summed E-state index contributed by atoms with van der Waals surface area (Å²) >= 11 is 6.05. The van der Waals surface area contributed by atoms with Gasteiger partial charge in [0, 0.05) is 30.3 Å². The van der Waals surface area contributed by atoms with Crippen molar-refractivity contribution in [2.24, 2.45) is 29.1 Å². The summed E-state index contributed by atoms with van der Waals surface area (Å²) in [4.78, 5) is 61.4. The van der Waals surface area contributed by atoms with Crippen LogP contribution in [0.2, 0.25) is 5.02 Å². The molecule has 49 heavy (non-hydrogen) atoms. The van der Waals surface area contributed by atoms with Gasteiger partial charge in [-0.1, -0.05) is 35.4 Å². The Bertz CT molecular complexity index is 1960. The first kappa shape index (κ1) is 31.6. The number of rotatable bonds is 4. The van der Waals surface area contributed by atoms with Crippen LogP contribution in [0, 0.1) is 40.7 Å². The summed E-state index contributed by atoms with van der Waals surface area (Å²) in [6, 6.07) is 14.8. The van der Waals surface area contributed by atoms with Crippen molar-refractivity contribution in [3.8, 4) is 5.75 Å². The highest BCUT2D eigenvalue weighted by Gasteiger charge is 2.68. The first-order valence-electron chi connectivity index (χ1n) is 16.3. The number of ether oxygens (including phenoxy) is 1. The molecular formula is C37H32ClF2N3O6. The third kappa shape index (κ3) is 4.58. The minimum atomic E-state index is -1.51. The summed E-state index contributed by atoms with van der Waals surface area (Å²) in [7, 11) is 0. The number of allylic oxidation sites excluding steroid dienone is 2. The number of aromatic hydroxyl groups is 1. The van der Waals surface area contributed by atoms with Crippen molar-refractivity contribution in [3.63, 3.8) is 0 Å². The fourth-order valence-electron chi connectivity index (χ4n) is 8.88. The fraction of sp³-hybridized carbons (Fsp3) is 0.351. The van der Waals surface area contributed by atoms with E-state index in [1.807, 2.05) is 18.2 Å². The summed E-state index contributed by atoms with van der Waals surface area (Å²) in [6.45, 7) is 4.31. The predicted molar refractivity (Wildman–Crippen MR) is 176 cm³/mol. The molecule has 0 radical (unpaired) electrons. The van der Waals surface area contributed by atoms with Gasteiger partial charge in [-0.05, 0) is 74.2 Å². The Morgan fingerprint density at radius 3 is 2.24 bits per heavy atom. The molecule has 0 spiro atoms. The molecule has 0 bridgehead atoms. The molecule has 0 aromatic heterocycles. The Kier molecular flexibility index (Phi) is 7.42. The minimum Gasteiger partial charge on any atom is -0.505 e. The molecule has 3 heterocycles. The number of para-hydroxylation sites is 1. The number of carbonyl (C=O) groups excluding carboxylic acids is 4. The number of nitrogens with zero attached hydrogens (tertiary/aromatic N) is 3. The van der Waals surface area contributed by atoms with Crippen LogP contribution in [-0.4, -0.2) is 55.0 Å². The number of imide groups is 2. The summed E-state index contributed by atoms with van der Waals surface area (Å²) in [5, 5.41) is 10.8. The highest BCUT2D eigenvalue weighted by molar-refractivity contribution is 6.32. The lowest BCUT2D eigenvalue weighted by Crippen LogP contribution is -2.49. The number of phenols is 1. The number of hydrogen-bond donors (Lipinski definition) is 1. The minimum absolute atomic E-state index is 0.0644. The molecule has 4 amide bonds. The van der Waals surface area contributed by atoms with E-state index in [4.69, 9.17) is 16.3 Å². The van der Waals surface area contributed by atoms with Gasteiger partial charge in [0.1, 0.15) is 5.82 Å². The normalized spacial score (nSPS) is 29.6. The molecular weight excluding hydrogens is 656 g/mol. The van der Waals surface area contributed by atoms with Gasteiger partial charge in [0.15, 0.2) is 11.6 Å². The van der Waals surface area contributed by atoms with Gasteiger partial charge < -0.3 is 14.7 Å². The van der Waals surface area contributed by atoms with Crippen molar-refractivity contribution in [2.75, 3.05) is 41.0 Å². The van der Waals surface area contributed by atoms with Crippen molar-refractivity contribution in [1.82, 2.24) is 0 Å². The van der Waals surface area contributed by atoms with E-state index in [-0.39, 0.29) is 35.0 Å². The Morgan fingerprint density at radius 2 is 1.53 bits per heavy atom. The number of carbonyl (C=O) groups is 4. The van der Waals surface area contributed by atoms with Crippen LogP contribution in [0.1, 0.15) is 31.2 Å². The van der Waals surface area contributed by atoms with Crippen LogP contribution >= 0.6 is 11.6 Å². The molecule has 6 atom stereocenters. The second-order valence-electron chi connectivity index (χ2n) is 13.6. The zero-order chi connectivity index (χ0) is 34.4. The number of halogens is 3. The number of hydrogen-bond acceptors (Lipinski definition) is 7. The number of phenolic OH excluding ortho intramolecular Hbond substituents is 1. The summed E-state index contributed by atoms with van der Waals surface area (Å²) in [5.74, 6) is -8.44. The third-order valence-corrected chi connectivity index (χ3v) is 11.5. The van der Waals surface area contributed by atoms with Crippen LogP contribution in [0.5, 0.6) is 5.75 Å². The highest BCUT2D eigenvalue weighted by Crippen LogP contribution is 2.64. The monoisotopic (exact) mass is 687 g/mol. The molecule has 5 aliphatic rings. The second-order valence-corrected chi connectivity index (χ2v) is 14.0. The largest absolute Gasteiger partial charge is 0.505 e. The van der Waals surface area contributed by atoms with E-state index < -0.39 is 70.1 Å². The van der Waals surface area contributed by atoms with Crippen LogP contribution in [0.15, 0.2) is 72.3 Å². The molecule has 12 heteroatoms. The number of anilines is 3. The van der Waals surface area contributed by atoms with Crippen molar-refractivity contribution in [3.05, 3.63) is 94.5 Å². The van der Waals surface area contributed by atoms with Gasteiger partial charge in [-0.15, -0.1) is 0 Å². The average molecular weight is 688 g/mol. The zero-order valence-electron chi connectivity index (χ0n) is 26.4. The average Bonchev–Trinajstić information content (AvgIpc) is 3.47. The Morgan fingerprint density at radius 1 is 0.837 bits per heavy atom. The Labute approximate surface area is 285 Å². The zero-order valence-corrected chi connectivity index (χ0v) is 27.2. The third-order valence-electron chi connectivity index (χ3n) is 11.2. The number of fused-ring (bicyclic) bond motifs is 4. The molecule has 0 unspecified atom stereocenters. The van der Waals surface area contributed by atoms with Crippen molar-refractivity contribution < 1.29 is 37.8 Å². The van der Waals surface area contributed by atoms with Gasteiger partial charge in [-0.3, -0.25) is 24.1 Å². The van der Waals surface area contributed by atoms with Gasteiger partial charge in [0.25, 0.3) is 0 Å². The standard InChI is InChI=1S/C37H32ClF2N3O6/c1-37-26(34(46)43(36(37)48)21-9-12-28(39)27(38)17-21)18-25-22(31(37)24-3-2-4-29(40)32(24)44)10-11-23-30(25)35(47)42(33(23)45)20-7-5-19(6-8-20)41-13-15-49-16-14-41/h2-10,12,17,23,25-26,30-31,44H,11,13-16,18H2,1H3/t23-,25+,26-,30-,31+,37+/m0/s1. The molecule has 9 nitrogen and oxygen atoms in total. The van der Waals surface area contributed by atoms with E-state index in [0.717, 1.165) is 35.8 Å². The highest BCUT2D eigenvalue weighted by atomic mass is 35.5. The first-order valence-corrected chi connectivity index (χ1v) is 16.7. The molecule has 3 saturated heterocycles. The predicted octanol–water partition coefficient (Wildman–Crippen LogP) is 5.60. The van der Waals surface area contributed by atoms with Crippen LogP contribution < -0.4 is 14.7 Å². The van der Waals surface area contributed by atoms with Gasteiger partial charge in [0.2, 0.25) is 23.6 Å². The maximum absolute atomic E-state index is 14.9. The van der Waals surface area contributed by atoms with Gasteiger partial charge in [0.05, 0.1) is 52.8 Å². The Balaban J connectivity index is 1.20. The maximum Gasteiger partial charge on any atom is 0.241 e. The number of amides is 4. The van der Waals surface area contributed by atoms with Gasteiger partial charge >= 0.3 is 0 Å². The maximum atomic E-state index is 14.9. The van der Waals surface area contributed by atoms with Crippen molar-refractivity contribution >= 4 is 52.3 Å². The molecule has 1 saturated carbocycles. The molecule has 1 N–H and O–H groups in total. The van der Waals surface area contributed by atoms with Crippen LogP contribution in [0.4, 0.5) is 25.8 Å². The quantitative estimate of drug-likeness (QED) is 0.281. The first-order chi connectivity index (χ1) is 23.5. The number of morpholine rings is 1. The van der Waals surface area contributed by atoms with Crippen LogP contribution in [0.25, 0.3) is 0 Å². The molecule has 2 aliphatic carbocycles. The van der Waals surface area contributed by atoms with E-state index in [1.165, 1.54) is 29.2 Å². The topological polar surface area (TPSA) is 107 Å². The van der Waals surface area contributed by atoms with E-state index in [0.29, 0.717) is 24.5 Å². The van der Waals surface area contributed by atoms with E-state index in [1.54, 1.807) is 19.1 Å². The SMILES string of the molecule is C[C@@]12C(=O)N(c3ccc(F)c(Cl)c3)C(=O)[C@@H]1C[C@@H]1C(=CC[C@@H]3C(=O)N(c4ccc(N5CCOCC5)cc4)C(=O)[C@@H]31)[C@@H]2c1cccc(F)c1O. The Hall–Kier alpha value is -4.61. The van der Waals surface area contributed by atoms with E-state index >= 15 is 0 Å². The summed E-state index contributed by atoms with van der Waals surface area (Å²) < 4.78 is 34.5. The van der Waals surface area contributed by atoms with Crippen molar-refractivity contribution in [1.29, 1.82) is 0 Å². The van der Waals surface area contributed by atoms with Gasteiger partial charge in [-0.25, -0.2) is 13.7 Å². The lowest BCUT2D eigenvalue weighted by molar-refractivity contribution is -0.131. The summed E-state index contributed by atoms with van der Waals surface area (Å²) in [5.41, 5.74) is 0.663. The fourth-order valence-corrected chi connectivity index (χ4v) is 9.06. The van der Waals surface area contributed by atoms with E-state index in [2.05, 4.69) is 4.90 Å². The molecule has 3 aromatic carbocycles. The molecule has 4 fully saturated rings. The lowest BCUT2D eigenvalue weighted by Gasteiger charge is -2.49. The van der Waals surface area contributed by atoms with Crippen LogP contribution in [0.3, 0.4) is 0 Å². The van der Waals surface area contributed by atoms with Crippen LogP contribution in [-0.2, 0) is 23.9 Å². The van der Waals surface area contributed by atoms with Crippen molar-refractivity contribution in [2.45, 2.75) is 25.7 Å².